The Hall–Kier alpha value is -0.610. The Labute approximate surface area is 57.4 Å². The van der Waals surface area contributed by atoms with E-state index in [1.165, 1.54) is 11.5 Å². The highest BCUT2D eigenvalue weighted by molar-refractivity contribution is 7.03. The summed E-state index contributed by atoms with van der Waals surface area (Å²) in [6.07, 6.45) is 0. The van der Waals surface area contributed by atoms with Gasteiger partial charge in [0.2, 0.25) is 5.88 Å². The number of hydrogen-bond donors (Lipinski definition) is 0. The largest absolute Gasteiger partial charge is 0.450 e. The van der Waals surface area contributed by atoms with Gasteiger partial charge in [-0.25, -0.2) is 0 Å². The van der Waals surface area contributed by atoms with Gasteiger partial charge >= 0.3 is 0 Å². The third-order valence-corrected chi connectivity index (χ3v) is 1.28. The molecule has 0 saturated heterocycles. The number of rotatable bonds is 3. The molecule has 4 heteroatoms. The fourth-order valence-corrected chi connectivity index (χ4v) is 0.851. The molecule has 0 amide bonds. The van der Waals surface area contributed by atoms with E-state index in [1.807, 2.05) is 5.38 Å². The van der Waals surface area contributed by atoms with E-state index in [0.29, 0.717) is 5.88 Å². The number of nitrogens with zero attached hydrogens (tertiary/aromatic N) is 1. The van der Waals surface area contributed by atoms with Gasteiger partial charge < -0.3 is 9.47 Å². The number of methoxy groups -OCH3 is 1. The van der Waals surface area contributed by atoms with E-state index in [1.54, 1.807) is 13.2 Å². The van der Waals surface area contributed by atoms with E-state index in [-0.39, 0.29) is 6.79 Å². The Morgan fingerprint density at radius 1 is 1.78 bits per heavy atom. The molecule has 9 heavy (non-hydrogen) atoms. The highest BCUT2D eigenvalue weighted by Crippen LogP contribution is 2.07. The zero-order valence-corrected chi connectivity index (χ0v) is 5.85. The fraction of sp³-hybridized carbons (Fsp3) is 0.400. The summed E-state index contributed by atoms with van der Waals surface area (Å²) in [6, 6.07) is 1.80. The summed E-state index contributed by atoms with van der Waals surface area (Å²) in [5.74, 6) is 0.627. The monoisotopic (exact) mass is 145 g/mol. The highest BCUT2D eigenvalue weighted by atomic mass is 32.1. The molecule has 0 saturated carbocycles. The first kappa shape index (κ1) is 6.51. The molecule has 0 spiro atoms. The molecule has 1 heterocycles. The number of ether oxygens (including phenoxy) is 2. The zero-order valence-electron chi connectivity index (χ0n) is 5.03. The van der Waals surface area contributed by atoms with Crippen LogP contribution in [0.25, 0.3) is 0 Å². The van der Waals surface area contributed by atoms with Gasteiger partial charge in [0, 0.05) is 18.6 Å². The van der Waals surface area contributed by atoms with Crippen LogP contribution in [0.5, 0.6) is 5.88 Å². The highest BCUT2D eigenvalue weighted by Gasteiger charge is 1.90. The summed E-state index contributed by atoms with van der Waals surface area (Å²) in [4.78, 5) is 0. The number of aromatic nitrogens is 1. The van der Waals surface area contributed by atoms with Crippen LogP contribution in [-0.2, 0) is 4.74 Å². The summed E-state index contributed by atoms with van der Waals surface area (Å²) in [5.41, 5.74) is 0. The predicted octanol–water partition coefficient (Wildman–Crippen LogP) is 1.13. The Morgan fingerprint density at radius 3 is 3.22 bits per heavy atom. The molecule has 0 aliphatic carbocycles. The lowest BCUT2D eigenvalue weighted by molar-refractivity contribution is 0.0486. The van der Waals surface area contributed by atoms with Crippen LogP contribution >= 0.6 is 11.5 Å². The maximum atomic E-state index is 4.97. The summed E-state index contributed by atoms with van der Waals surface area (Å²) in [6.45, 7) is 0.268. The van der Waals surface area contributed by atoms with Gasteiger partial charge in [-0.2, -0.15) is 4.37 Å². The molecular formula is C5H7NO2S. The van der Waals surface area contributed by atoms with Crippen LogP contribution in [0.1, 0.15) is 0 Å². The molecule has 1 aromatic heterocycles. The third kappa shape index (κ3) is 1.99. The van der Waals surface area contributed by atoms with Crippen LogP contribution in [-0.4, -0.2) is 18.3 Å². The van der Waals surface area contributed by atoms with Gasteiger partial charge in [0.1, 0.15) is 0 Å². The molecule has 0 aliphatic heterocycles. The third-order valence-electron chi connectivity index (χ3n) is 0.739. The maximum absolute atomic E-state index is 4.97. The topological polar surface area (TPSA) is 31.4 Å². The first-order valence-corrected chi connectivity index (χ1v) is 3.29. The van der Waals surface area contributed by atoms with Crippen LogP contribution in [0.4, 0.5) is 0 Å². The quantitative estimate of drug-likeness (QED) is 0.597. The zero-order chi connectivity index (χ0) is 6.53. The van der Waals surface area contributed by atoms with Gasteiger partial charge in [-0.15, -0.1) is 0 Å². The van der Waals surface area contributed by atoms with Crippen molar-refractivity contribution in [2.75, 3.05) is 13.9 Å². The molecule has 1 aromatic rings. The molecule has 0 radical (unpaired) electrons. The molecule has 3 nitrogen and oxygen atoms in total. The van der Waals surface area contributed by atoms with Crippen molar-refractivity contribution in [1.82, 2.24) is 4.37 Å². The average molecular weight is 145 g/mol. The van der Waals surface area contributed by atoms with Crippen molar-refractivity contribution in [3.05, 3.63) is 11.4 Å². The Kier molecular flexibility index (Phi) is 2.48. The van der Waals surface area contributed by atoms with Gasteiger partial charge in [0.25, 0.3) is 0 Å². The lowest BCUT2D eigenvalue weighted by Crippen LogP contribution is -1.98. The second kappa shape index (κ2) is 3.42. The first-order chi connectivity index (χ1) is 4.43. The van der Waals surface area contributed by atoms with Crippen LogP contribution in [0, 0.1) is 0 Å². The van der Waals surface area contributed by atoms with Crippen molar-refractivity contribution in [3.63, 3.8) is 0 Å². The van der Waals surface area contributed by atoms with Crippen molar-refractivity contribution in [2.45, 2.75) is 0 Å². The Balaban J connectivity index is 2.30. The van der Waals surface area contributed by atoms with Gasteiger partial charge in [-0.1, -0.05) is 0 Å². The Morgan fingerprint density at radius 2 is 2.67 bits per heavy atom. The number of hydrogen-bond acceptors (Lipinski definition) is 4. The van der Waals surface area contributed by atoms with Crippen molar-refractivity contribution in [2.24, 2.45) is 0 Å². The van der Waals surface area contributed by atoms with E-state index in [2.05, 4.69) is 9.11 Å². The van der Waals surface area contributed by atoms with Crippen molar-refractivity contribution < 1.29 is 9.47 Å². The molecule has 1 rings (SSSR count). The standard InChI is InChI=1S/C5H7NO2S/c1-7-4-8-5-2-3-9-6-5/h2-3H,4H2,1H3. The predicted molar refractivity (Wildman–Crippen MR) is 34.6 cm³/mol. The van der Waals surface area contributed by atoms with E-state index < -0.39 is 0 Å². The molecular weight excluding hydrogens is 138 g/mol. The normalized spacial score (nSPS) is 9.44. The van der Waals surface area contributed by atoms with Crippen LogP contribution < -0.4 is 4.74 Å². The van der Waals surface area contributed by atoms with E-state index in [9.17, 15) is 0 Å². The summed E-state index contributed by atoms with van der Waals surface area (Å²) < 4.78 is 13.5. The minimum absolute atomic E-state index is 0.268. The van der Waals surface area contributed by atoms with Crippen molar-refractivity contribution in [1.29, 1.82) is 0 Å². The molecule has 0 aliphatic rings. The van der Waals surface area contributed by atoms with Crippen LogP contribution in [0.15, 0.2) is 11.4 Å². The molecule has 50 valence electrons. The van der Waals surface area contributed by atoms with E-state index in [0.717, 1.165) is 0 Å². The minimum Gasteiger partial charge on any atom is -0.450 e. The van der Waals surface area contributed by atoms with Crippen LogP contribution in [0.3, 0.4) is 0 Å². The lowest BCUT2D eigenvalue weighted by Gasteiger charge is -1.96. The Bertz CT molecular complexity index is 152. The second-order valence-corrected chi connectivity index (χ2v) is 2.05. The van der Waals surface area contributed by atoms with Crippen LogP contribution in [0.2, 0.25) is 0 Å². The SMILES string of the molecule is COCOc1ccsn1. The first-order valence-electron chi connectivity index (χ1n) is 2.45. The minimum atomic E-state index is 0.268. The van der Waals surface area contributed by atoms with Gasteiger partial charge in [-0.05, 0) is 11.5 Å². The van der Waals surface area contributed by atoms with Crippen molar-refractivity contribution >= 4 is 11.5 Å². The van der Waals surface area contributed by atoms with Gasteiger partial charge in [-0.3, -0.25) is 0 Å². The molecule has 0 aromatic carbocycles. The second-order valence-electron chi connectivity index (χ2n) is 1.39. The lowest BCUT2D eigenvalue weighted by atomic mass is 10.7. The molecule has 0 unspecified atom stereocenters. The van der Waals surface area contributed by atoms with Gasteiger partial charge in [0.05, 0.1) is 0 Å². The smallest absolute Gasteiger partial charge is 0.227 e. The van der Waals surface area contributed by atoms with E-state index in [4.69, 9.17) is 4.74 Å². The molecule has 0 atom stereocenters. The summed E-state index contributed by atoms with van der Waals surface area (Å²) in [7, 11) is 1.58. The summed E-state index contributed by atoms with van der Waals surface area (Å²) >= 11 is 1.36. The average Bonchev–Trinajstić information content (AvgIpc) is 2.34. The molecule has 0 fully saturated rings. The fourth-order valence-electron chi connectivity index (χ4n) is 0.395. The van der Waals surface area contributed by atoms with E-state index >= 15 is 0 Å². The molecule has 0 bridgehead atoms. The van der Waals surface area contributed by atoms with Crippen molar-refractivity contribution in [3.8, 4) is 5.88 Å². The molecule has 0 N–H and O–H groups in total. The maximum Gasteiger partial charge on any atom is 0.227 e. The van der Waals surface area contributed by atoms with Gasteiger partial charge in [0.15, 0.2) is 6.79 Å². The summed E-state index contributed by atoms with van der Waals surface area (Å²) in [5, 5.41) is 1.85.